The van der Waals surface area contributed by atoms with Crippen molar-refractivity contribution in [3.05, 3.63) is 70.2 Å². The minimum absolute atomic E-state index is 0.0739. The molecule has 0 atom stereocenters. The van der Waals surface area contributed by atoms with E-state index in [1.807, 2.05) is 54.8 Å². The van der Waals surface area contributed by atoms with Gasteiger partial charge in [0.25, 0.3) is 0 Å². The fraction of sp³-hybridized carbons (Fsp3) is 0.261. The number of methoxy groups -OCH3 is 1. The van der Waals surface area contributed by atoms with Crippen LogP contribution in [0.3, 0.4) is 0 Å². The number of anilines is 2. The van der Waals surface area contributed by atoms with Gasteiger partial charge in [0, 0.05) is 18.1 Å². The fourth-order valence-corrected chi connectivity index (χ4v) is 4.96. The van der Waals surface area contributed by atoms with Crippen molar-refractivity contribution in [3.8, 4) is 5.75 Å². The minimum atomic E-state index is -0.0739. The Kier molecular flexibility index (Phi) is 7.05. The normalized spacial score (nSPS) is 10.9. The van der Waals surface area contributed by atoms with Crippen molar-refractivity contribution in [2.45, 2.75) is 38.2 Å². The molecule has 0 N–H and O–H groups in total. The van der Waals surface area contributed by atoms with Gasteiger partial charge >= 0.3 is 0 Å². The highest BCUT2D eigenvalue weighted by Gasteiger charge is 2.19. The molecule has 2 heterocycles. The predicted molar refractivity (Wildman–Crippen MR) is 130 cm³/mol. The van der Waals surface area contributed by atoms with E-state index in [4.69, 9.17) is 9.72 Å². The fourth-order valence-electron chi connectivity index (χ4n) is 3.20. The molecule has 33 heavy (non-hydrogen) atoms. The summed E-state index contributed by atoms with van der Waals surface area (Å²) in [5, 5.41) is 15.4. The highest BCUT2D eigenvalue weighted by Crippen LogP contribution is 2.32. The summed E-state index contributed by atoms with van der Waals surface area (Å²) >= 11 is 2.96. The molecule has 0 fully saturated rings. The van der Waals surface area contributed by atoms with Gasteiger partial charge in [-0.05, 0) is 65.2 Å². The van der Waals surface area contributed by atoms with Crippen molar-refractivity contribution in [1.29, 1.82) is 0 Å². The third kappa shape index (κ3) is 5.40. The molecule has 0 saturated carbocycles. The lowest BCUT2D eigenvalue weighted by Gasteiger charge is -2.19. The zero-order chi connectivity index (χ0) is 23.4. The second kappa shape index (κ2) is 10.1. The first-order chi connectivity index (χ1) is 15.9. The minimum Gasteiger partial charge on any atom is -0.497 e. The van der Waals surface area contributed by atoms with Crippen LogP contribution in [0.25, 0.3) is 0 Å². The van der Waals surface area contributed by atoms with E-state index in [1.54, 1.807) is 23.6 Å². The predicted octanol–water partition coefficient (Wildman–Crippen LogP) is 4.78. The number of hydrogen-bond donors (Lipinski definition) is 0. The van der Waals surface area contributed by atoms with E-state index in [0.29, 0.717) is 22.6 Å². The summed E-state index contributed by atoms with van der Waals surface area (Å²) in [5.41, 5.74) is 5.09. The summed E-state index contributed by atoms with van der Waals surface area (Å²) < 4.78 is 6.97. The molecule has 0 radical (unpaired) electrons. The van der Waals surface area contributed by atoms with Crippen LogP contribution in [0, 0.1) is 13.8 Å². The van der Waals surface area contributed by atoms with Crippen LogP contribution in [-0.4, -0.2) is 38.2 Å². The summed E-state index contributed by atoms with van der Waals surface area (Å²) in [4.78, 5) is 18.8. The van der Waals surface area contributed by atoms with Gasteiger partial charge < -0.3 is 4.74 Å². The first-order valence-corrected chi connectivity index (χ1v) is 12.2. The lowest BCUT2D eigenvalue weighted by molar-refractivity contribution is -0.115. The standard InChI is InChI=1S/C23H24N6O2S2/c1-15-5-8-20(11-16(15)2)29(17(3)30)22-24-19(13-32-22)14-33-23-25-26-27-28(23)12-18-6-9-21(31-4)10-7-18/h5-11,13H,12,14H2,1-4H3. The van der Waals surface area contributed by atoms with E-state index >= 15 is 0 Å². The summed E-state index contributed by atoms with van der Waals surface area (Å²) in [5.74, 6) is 1.33. The second-order valence-corrected chi connectivity index (χ2v) is 9.28. The maximum atomic E-state index is 12.4. The Morgan fingerprint density at radius 3 is 2.64 bits per heavy atom. The molecule has 0 aliphatic carbocycles. The number of nitrogens with zero attached hydrogens (tertiary/aromatic N) is 6. The van der Waals surface area contributed by atoms with Crippen LogP contribution in [0.2, 0.25) is 0 Å². The van der Waals surface area contributed by atoms with Crippen LogP contribution in [0.15, 0.2) is 53.0 Å². The molecule has 170 valence electrons. The van der Waals surface area contributed by atoms with Crippen LogP contribution in [0.5, 0.6) is 5.75 Å². The SMILES string of the molecule is COc1ccc(Cn2nnnc2SCc2csc(N(C(C)=O)c3ccc(C)c(C)c3)n2)cc1. The molecule has 0 spiro atoms. The van der Waals surface area contributed by atoms with E-state index < -0.39 is 0 Å². The van der Waals surface area contributed by atoms with E-state index in [1.165, 1.54) is 28.7 Å². The number of benzene rings is 2. The van der Waals surface area contributed by atoms with Gasteiger partial charge in [0.2, 0.25) is 11.1 Å². The van der Waals surface area contributed by atoms with Crippen LogP contribution < -0.4 is 9.64 Å². The Hall–Kier alpha value is -3.24. The Labute approximate surface area is 200 Å². The van der Waals surface area contributed by atoms with Crippen molar-refractivity contribution in [1.82, 2.24) is 25.2 Å². The molecule has 0 bridgehead atoms. The summed E-state index contributed by atoms with van der Waals surface area (Å²) in [6.07, 6.45) is 0. The number of thiazole rings is 1. The van der Waals surface area contributed by atoms with Crippen LogP contribution in [-0.2, 0) is 17.1 Å². The number of rotatable bonds is 8. The van der Waals surface area contributed by atoms with Gasteiger partial charge in [0.05, 0.1) is 25.0 Å². The summed E-state index contributed by atoms with van der Waals surface area (Å²) in [6, 6.07) is 13.8. The van der Waals surface area contributed by atoms with Crippen molar-refractivity contribution < 1.29 is 9.53 Å². The third-order valence-corrected chi connectivity index (χ3v) is 7.00. The van der Waals surface area contributed by atoms with Gasteiger partial charge in [-0.2, -0.15) is 0 Å². The number of amides is 1. The zero-order valence-corrected chi connectivity index (χ0v) is 20.5. The number of hydrogen-bond acceptors (Lipinski definition) is 8. The number of thioether (sulfide) groups is 1. The van der Waals surface area contributed by atoms with E-state index in [-0.39, 0.29) is 5.91 Å². The first-order valence-electron chi connectivity index (χ1n) is 10.3. The number of aromatic nitrogens is 5. The molecule has 0 aliphatic heterocycles. The molecule has 10 heteroatoms. The van der Waals surface area contributed by atoms with Gasteiger partial charge in [0.15, 0.2) is 5.13 Å². The summed E-state index contributed by atoms with van der Waals surface area (Å²) in [6.45, 7) is 6.21. The largest absolute Gasteiger partial charge is 0.497 e. The number of carbonyl (C=O) groups excluding carboxylic acids is 1. The van der Waals surface area contributed by atoms with E-state index in [0.717, 1.165) is 28.3 Å². The van der Waals surface area contributed by atoms with Crippen molar-refractivity contribution in [3.63, 3.8) is 0 Å². The smallest absolute Gasteiger partial charge is 0.230 e. The Morgan fingerprint density at radius 1 is 1.15 bits per heavy atom. The molecule has 2 aromatic carbocycles. The van der Waals surface area contributed by atoms with E-state index in [2.05, 4.69) is 22.4 Å². The number of tetrazole rings is 1. The molecule has 0 unspecified atom stereocenters. The third-order valence-electron chi connectivity index (χ3n) is 5.13. The molecule has 2 aromatic heterocycles. The maximum Gasteiger partial charge on any atom is 0.230 e. The quantitative estimate of drug-likeness (QED) is 0.336. The molecule has 1 amide bonds. The average molecular weight is 481 g/mol. The number of ether oxygens (including phenoxy) is 1. The summed E-state index contributed by atoms with van der Waals surface area (Å²) in [7, 11) is 1.65. The van der Waals surface area contributed by atoms with E-state index in [9.17, 15) is 4.79 Å². The lowest BCUT2D eigenvalue weighted by Crippen LogP contribution is -2.22. The molecule has 4 aromatic rings. The monoisotopic (exact) mass is 480 g/mol. The lowest BCUT2D eigenvalue weighted by atomic mass is 10.1. The second-order valence-electron chi connectivity index (χ2n) is 7.50. The Balaban J connectivity index is 1.45. The van der Waals surface area contributed by atoms with Gasteiger partial charge in [-0.1, -0.05) is 30.0 Å². The molecule has 0 saturated heterocycles. The van der Waals surface area contributed by atoms with Crippen molar-refractivity contribution in [2.75, 3.05) is 12.0 Å². The number of aryl methyl sites for hydroxylation is 2. The Bertz CT molecular complexity index is 1250. The highest BCUT2D eigenvalue weighted by atomic mass is 32.2. The zero-order valence-electron chi connectivity index (χ0n) is 18.8. The van der Waals surface area contributed by atoms with Crippen LogP contribution in [0.1, 0.15) is 29.3 Å². The molecular formula is C23H24N6O2S2. The van der Waals surface area contributed by atoms with Gasteiger partial charge in [-0.25, -0.2) is 9.67 Å². The topological polar surface area (TPSA) is 86.0 Å². The molecule has 8 nitrogen and oxygen atoms in total. The molecule has 0 aliphatic rings. The average Bonchev–Trinajstić information content (AvgIpc) is 3.44. The van der Waals surface area contributed by atoms with Crippen molar-refractivity contribution in [2.24, 2.45) is 0 Å². The molecule has 4 rings (SSSR count). The van der Waals surface area contributed by atoms with Crippen LogP contribution >= 0.6 is 23.1 Å². The number of carbonyl (C=O) groups is 1. The van der Waals surface area contributed by atoms with Gasteiger partial charge in [-0.3, -0.25) is 9.69 Å². The first kappa shape index (κ1) is 22.9. The van der Waals surface area contributed by atoms with Crippen LogP contribution in [0.4, 0.5) is 10.8 Å². The van der Waals surface area contributed by atoms with Crippen molar-refractivity contribution >= 4 is 39.8 Å². The van der Waals surface area contributed by atoms with Gasteiger partial charge in [-0.15, -0.1) is 16.4 Å². The Morgan fingerprint density at radius 2 is 1.94 bits per heavy atom. The van der Waals surface area contributed by atoms with Gasteiger partial charge in [0.1, 0.15) is 5.75 Å². The highest BCUT2D eigenvalue weighted by molar-refractivity contribution is 7.98. The maximum absolute atomic E-state index is 12.4. The molecular weight excluding hydrogens is 456 g/mol.